The Morgan fingerprint density at radius 2 is 1.91 bits per heavy atom. The maximum Gasteiger partial charge on any atom is 0.319 e. The normalized spacial score (nSPS) is 21.7. The van der Waals surface area contributed by atoms with Crippen LogP contribution >= 0.6 is 15.9 Å². The predicted octanol–water partition coefficient (Wildman–Crippen LogP) is 1.94. The van der Waals surface area contributed by atoms with Crippen LogP contribution in [0.1, 0.15) is 18.5 Å². The topological polar surface area (TPSA) is 70.7 Å². The average Bonchev–Trinajstić information content (AvgIpc) is 2.55. The fraction of sp³-hybridized carbons (Fsp3) is 0.375. The first-order chi connectivity index (χ1) is 11.1. The zero-order valence-electron chi connectivity index (χ0n) is 12.8. The smallest absolute Gasteiger partial charge is 0.319 e. The molecular weight excluding hydrogens is 362 g/mol. The van der Waals surface area contributed by atoms with Crippen molar-refractivity contribution in [1.29, 1.82) is 0 Å². The Morgan fingerprint density at radius 3 is 2.57 bits per heavy atom. The Bertz CT molecular complexity index is 651. The number of rotatable bonds is 2. The molecule has 2 heterocycles. The first kappa shape index (κ1) is 16.0. The maximum absolute atomic E-state index is 12.9. The fourth-order valence-electron chi connectivity index (χ4n) is 2.82. The Labute approximate surface area is 143 Å². The van der Waals surface area contributed by atoms with Crippen molar-refractivity contribution in [3.05, 3.63) is 45.6 Å². The van der Waals surface area contributed by atoms with Gasteiger partial charge in [0.25, 0.3) is 5.91 Å². The van der Waals surface area contributed by atoms with Gasteiger partial charge in [-0.05, 0) is 24.6 Å². The standard InChI is InChI=1S/C16H18BrN3O3/c1-10-13(15(21)20-6-8-23-9-7-20)14(19-16(22)18-10)11-2-4-12(17)5-3-11/h2-5,14H,6-9H2,1H3,(H2,18,19,22). The van der Waals surface area contributed by atoms with E-state index in [9.17, 15) is 9.59 Å². The van der Waals surface area contributed by atoms with Crippen LogP contribution in [0, 0.1) is 0 Å². The SMILES string of the molecule is CC1=C(C(=O)N2CCOCC2)C(c2ccc(Br)cc2)NC(=O)N1. The number of allylic oxidation sites excluding steroid dienone is 1. The Hall–Kier alpha value is -1.86. The van der Waals surface area contributed by atoms with Gasteiger partial charge < -0.3 is 20.3 Å². The number of hydrogen-bond acceptors (Lipinski definition) is 3. The molecule has 0 radical (unpaired) electrons. The summed E-state index contributed by atoms with van der Waals surface area (Å²) >= 11 is 3.40. The zero-order chi connectivity index (χ0) is 16.4. The second-order valence-electron chi connectivity index (χ2n) is 5.53. The van der Waals surface area contributed by atoms with Gasteiger partial charge in [0.1, 0.15) is 0 Å². The second kappa shape index (κ2) is 6.72. The van der Waals surface area contributed by atoms with Crippen LogP contribution in [0.3, 0.4) is 0 Å². The first-order valence-electron chi connectivity index (χ1n) is 7.47. The predicted molar refractivity (Wildman–Crippen MR) is 88.6 cm³/mol. The lowest BCUT2D eigenvalue weighted by Gasteiger charge is -2.34. The van der Waals surface area contributed by atoms with Gasteiger partial charge in [-0.3, -0.25) is 4.79 Å². The highest BCUT2D eigenvalue weighted by atomic mass is 79.9. The van der Waals surface area contributed by atoms with Gasteiger partial charge in [-0.1, -0.05) is 28.1 Å². The molecule has 122 valence electrons. The lowest BCUT2D eigenvalue weighted by molar-refractivity contribution is -0.131. The molecule has 1 atom stereocenters. The summed E-state index contributed by atoms with van der Waals surface area (Å²) in [6, 6.07) is 6.85. The zero-order valence-corrected chi connectivity index (χ0v) is 14.4. The maximum atomic E-state index is 12.9. The van der Waals surface area contributed by atoms with Gasteiger partial charge in [0.05, 0.1) is 24.8 Å². The molecular formula is C16H18BrN3O3. The number of benzene rings is 1. The number of carbonyl (C=O) groups is 2. The number of urea groups is 1. The summed E-state index contributed by atoms with van der Waals surface area (Å²) in [4.78, 5) is 26.6. The van der Waals surface area contributed by atoms with Gasteiger partial charge in [-0.25, -0.2) is 4.79 Å². The molecule has 3 amide bonds. The molecule has 1 aromatic carbocycles. The van der Waals surface area contributed by atoms with Crippen LogP contribution in [-0.4, -0.2) is 43.1 Å². The molecule has 2 aliphatic heterocycles. The molecule has 1 aromatic rings. The van der Waals surface area contributed by atoms with Gasteiger partial charge >= 0.3 is 6.03 Å². The summed E-state index contributed by atoms with van der Waals surface area (Å²) in [6.45, 7) is 3.98. The van der Waals surface area contributed by atoms with Gasteiger partial charge in [-0.2, -0.15) is 0 Å². The van der Waals surface area contributed by atoms with Crippen molar-refractivity contribution in [2.24, 2.45) is 0 Å². The van der Waals surface area contributed by atoms with E-state index in [2.05, 4.69) is 26.6 Å². The molecule has 0 saturated carbocycles. The highest BCUT2D eigenvalue weighted by Crippen LogP contribution is 2.29. The summed E-state index contributed by atoms with van der Waals surface area (Å²) in [5.41, 5.74) is 2.05. The number of amides is 3. The number of hydrogen-bond donors (Lipinski definition) is 2. The van der Waals surface area contributed by atoms with E-state index in [1.54, 1.807) is 11.8 Å². The summed E-state index contributed by atoms with van der Waals surface area (Å²) in [6.07, 6.45) is 0. The molecule has 1 saturated heterocycles. The summed E-state index contributed by atoms with van der Waals surface area (Å²) in [7, 11) is 0. The quantitative estimate of drug-likeness (QED) is 0.824. The van der Waals surface area contributed by atoms with Crippen LogP contribution in [0.2, 0.25) is 0 Å². The van der Waals surface area contributed by atoms with Crippen LogP contribution in [0.15, 0.2) is 40.0 Å². The lowest BCUT2D eigenvalue weighted by atomic mass is 9.94. The third-order valence-corrected chi connectivity index (χ3v) is 4.53. The van der Waals surface area contributed by atoms with E-state index >= 15 is 0 Å². The van der Waals surface area contributed by atoms with Gasteiger partial charge in [0.15, 0.2) is 0 Å². The van der Waals surface area contributed by atoms with Crippen LogP contribution in [0.5, 0.6) is 0 Å². The van der Waals surface area contributed by atoms with Gasteiger partial charge in [-0.15, -0.1) is 0 Å². The summed E-state index contributed by atoms with van der Waals surface area (Å²) in [5, 5.41) is 5.55. The van der Waals surface area contributed by atoms with Crippen molar-refractivity contribution in [2.45, 2.75) is 13.0 Å². The fourth-order valence-corrected chi connectivity index (χ4v) is 3.08. The third kappa shape index (κ3) is 3.40. The van der Waals surface area contributed by atoms with E-state index in [0.29, 0.717) is 37.6 Å². The van der Waals surface area contributed by atoms with Crippen molar-refractivity contribution in [3.8, 4) is 0 Å². The minimum Gasteiger partial charge on any atom is -0.378 e. The number of carbonyl (C=O) groups excluding carboxylic acids is 2. The van der Waals surface area contributed by atoms with Gasteiger partial charge in [0.2, 0.25) is 0 Å². The van der Waals surface area contributed by atoms with Crippen molar-refractivity contribution < 1.29 is 14.3 Å². The first-order valence-corrected chi connectivity index (χ1v) is 8.26. The van der Waals surface area contributed by atoms with Crippen LogP contribution in [0.4, 0.5) is 4.79 Å². The van der Waals surface area contributed by atoms with Crippen molar-refractivity contribution in [2.75, 3.05) is 26.3 Å². The molecule has 0 aliphatic carbocycles. The van der Waals surface area contributed by atoms with E-state index in [-0.39, 0.29) is 11.9 Å². The van der Waals surface area contributed by atoms with Crippen LogP contribution in [0.25, 0.3) is 0 Å². The van der Waals surface area contributed by atoms with Gasteiger partial charge in [0, 0.05) is 23.3 Å². The van der Waals surface area contributed by atoms with E-state index in [1.165, 1.54) is 0 Å². The Balaban J connectivity index is 1.95. The van der Waals surface area contributed by atoms with Crippen molar-refractivity contribution in [1.82, 2.24) is 15.5 Å². The van der Waals surface area contributed by atoms with E-state index < -0.39 is 6.04 Å². The van der Waals surface area contributed by atoms with E-state index in [0.717, 1.165) is 10.0 Å². The molecule has 0 aromatic heterocycles. The second-order valence-corrected chi connectivity index (χ2v) is 6.44. The number of morpholine rings is 1. The lowest BCUT2D eigenvalue weighted by Crippen LogP contribution is -2.49. The highest BCUT2D eigenvalue weighted by molar-refractivity contribution is 9.10. The summed E-state index contributed by atoms with van der Waals surface area (Å²) < 4.78 is 6.25. The number of nitrogens with one attached hydrogen (secondary N) is 2. The molecule has 0 bridgehead atoms. The largest absolute Gasteiger partial charge is 0.378 e. The Kier molecular flexibility index (Phi) is 4.68. The molecule has 2 N–H and O–H groups in total. The van der Waals surface area contributed by atoms with Crippen molar-refractivity contribution in [3.63, 3.8) is 0 Å². The highest BCUT2D eigenvalue weighted by Gasteiger charge is 2.33. The molecule has 1 unspecified atom stereocenters. The molecule has 23 heavy (non-hydrogen) atoms. The monoisotopic (exact) mass is 379 g/mol. The molecule has 3 rings (SSSR count). The van der Waals surface area contributed by atoms with Crippen molar-refractivity contribution >= 4 is 27.9 Å². The molecule has 2 aliphatic rings. The average molecular weight is 380 g/mol. The number of nitrogens with zero attached hydrogens (tertiary/aromatic N) is 1. The summed E-state index contributed by atoms with van der Waals surface area (Å²) in [5.74, 6) is -0.0637. The van der Waals surface area contributed by atoms with E-state index in [4.69, 9.17) is 4.74 Å². The number of ether oxygens (including phenoxy) is 1. The molecule has 6 nitrogen and oxygen atoms in total. The van der Waals surface area contributed by atoms with E-state index in [1.807, 2.05) is 24.3 Å². The Morgan fingerprint density at radius 1 is 1.26 bits per heavy atom. The third-order valence-electron chi connectivity index (χ3n) is 4.00. The van der Waals surface area contributed by atoms with Crippen LogP contribution in [-0.2, 0) is 9.53 Å². The number of halogens is 1. The minimum absolute atomic E-state index is 0.0637. The molecule has 7 heteroatoms. The molecule has 1 fully saturated rings. The minimum atomic E-state index is -0.452. The van der Waals surface area contributed by atoms with Crippen LogP contribution < -0.4 is 10.6 Å². The molecule has 0 spiro atoms.